The minimum atomic E-state index is -1.00. The first-order valence-corrected chi connectivity index (χ1v) is 8.73. The van der Waals surface area contributed by atoms with Crippen LogP contribution < -0.4 is 5.32 Å². The van der Waals surface area contributed by atoms with Gasteiger partial charge in [0, 0.05) is 11.9 Å². The minimum Gasteiger partial charge on any atom is -0.462 e. The SMILES string of the molecule is CCOC(=O)c1ccc(NC(=O)C(CC)OC(=O)c2cccnc2Cl)cc1. The van der Waals surface area contributed by atoms with E-state index in [1.807, 2.05) is 0 Å². The molecule has 0 saturated carbocycles. The maximum Gasteiger partial charge on any atom is 0.342 e. The Bertz CT molecular complexity index is 823. The van der Waals surface area contributed by atoms with Gasteiger partial charge >= 0.3 is 11.9 Å². The van der Waals surface area contributed by atoms with E-state index >= 15 is 0 Å². The number of nitrogens with zero attached hydrogens (tertiary/aromatic N) is 1. The van der Waals surface area contributed by atoms with E-state index in [0.717, 1.165) is 0 Å². The second-order valence-corrected chi connectivity index (χ2v) is 5.79. The molecule has 2 aromatic rings. The third-order valence-corrected chi connectivity index (χ3v) is 3.86. The molecule has 1 aromatic carbocycles. The third kappa shape index (κ3) is 5.52. The largest absolute Gasteiger partial charge is 0.462 e. The molecule has 1 atom stereocenters. The van der Waals surface area contributed by atoms with Gasteiger partial charge in [-0.2, -0.15) is 0 Å². The van der Waals surface area contributed by atoms with Crippen LogP contribution in [0.2, 0.25) is 5.15 Å². The highest BCUT2D eigenvalue weighted by atomic mass is 35.5. The van der Waals surface area contributed by atoms with Gasteiger partial charge in [-0.25, -0.2) is 14.6 Å². The van der Waals surface area contributed by atoms with E-state index in [2.05, 4.69) is 10.3 Å². The Kier molecular flexibility index (Phi) is 7.31. The summed E-state index contributed by atoms with van der Waals surface area (Å²) < 4.78 is 10.1. The lowest BCUT2D eigenvalue weighted by atomic mass is 10.2. The molecular weight excluding hydrogens is 372 g/mol. The third-order valence-electron chi connectivity index (χ3n) is 3.56. The molecule has 1 N–H and O–H groups in total. The lowest BCUT2D eigenvalue weighted by Gasteiger charge is -2.16. The van der Waals surface area contributed by atoms with E-state index in [4.69, 9.17) is 21.1 Å². The molecule has 0 aliphatic heterocycles. The van der Waals surface area contributed by atoms with Gasteiger partial charge in [0.2, 0.25) is 0 Å². The molecule has 0 aliphatic carbocycles. The van der Waals surface area contributed by atoms with Crippen molar-refractivity contribution in [2.24, 2.45) is 0 Å². The van der Waals surface area contributed by atoms with Gasteiger partial charge in [0.1, 0.15) is 5.15 Å². The molecule has 8 heteroatoms. The molecule has 1 aromatic heterocycles. The Morgan fingerprint density at radius 1 is 1.11 bits per heavy atom. The number of nitrogens with one attached hydrogen (secondary N) is 1. The van der Waals surface area contributed by atoms with Gasteiger partial charge in [0.25, 0.3) is 5.91 Å². The number of esters is 2. The fourth-order valence-electron chi connectivity index (χ4n) is 2.18. The number of aromatic nitrogens is 1. The summed E-state index contributed by atoms with van der Waals surface area (Å²) in [5.41, 5.74) is 0.922. The molecule has 0 aliphatic rings. The number of pyridine rings is 1. The van der Waals surface area contributed by atoms with Gasteiger partial charge in [-0.05, 0) is 49.7 Å². The molecule has 0 bridgehead atoms. The van der Waals surface area contributed by atoms with Crippen molar-refractivity contribution in [3.63, 3.8) is 0 Å². The van der Waals surface area contributed by atoms with Crippen LogP contribution in [0.5, 0.6) is 0 Å². The number of halogens is 1. The molecule has 7 nitrogen and oxygen atoms in total. The van der Waals surface area contributed by atoms with Gasteiger partial charge in [-0.3, -0.25) is 4.79 Å². The Hall–Kier alpha value is -2.93. The summed E-state index contributed by atoms with van der Waals surface area (Å²) in [7, 11) is 0. The van der Waals surface area contributed by atoms with E-state index in [1.165, 1.54) is 24.4 Å². The number of ether oxygens (including phenoxy) is 2. The zero-order valence-electron chi connectivity index (χ0n) is 14.9. The van der Waals surface area contributed by atoms with Gasteiger partial charge in [0.15, 0.2) is 6.10 Å². The van der Waals surface area contributed by atoms with Crippen LogP contribution in [0.25, 0.3) is 0 Å². The first kappa shape index (κ1) is 20.4. The second kappa shape index (κ2) is 9.68. The smallest absolute Gasteiger partial charge is 0.342 e. The lowest BCUT2D eigenvalue weighted by molar-refractivity contribution is -0.124. The van der Waals surface area contributed by atoms with Crippen molar-refractivity contribution < 1.29 is 23.9 Å². The summed E-state index contributed by atoms with van der Waals surface area (Å²) in [5, 5.41) is 2.65. The molecule has 1 unspecified atom stereocenters. The zero-order valence-corrected chi connectivity index (χ0v) is 15.7. The number of hydrogen-bond donors (Lipinski definition) is 1. The van der Waals surface area contributed by atoms with Crippen LogP contribution >= 0.6 is 11.6 Å². The molecule has 0 saturated heterocycles. The van der Waals surface area contributed by atoms with E-state index in [1.54, 1.807) is 32.0 Å². The maximum absolute atomic E-state index is 12.4. The van der Waals surface area contributed by atoms with Crippen LogP contribution in [0.1, 0.15) is 41.0 Å². The zero-order chi connectivity index (χ0) is 19.8. The van der Waals surface area contributed by atoms with E-state index in [9.17, 15) is 14.4 Å². The van der Waals surface area contributed by atoms with Crippen LogP contribution in [-0.4, -0.2) is 35.5 Å². The molecule has 142 valence electrons. The highest BCUT2D eigenvalue weighted by Crippen LogP contribution is 2.16. The number of benzene rings is 1. The average Bonchev–Trinajstić information content (AvgIpc) is 2.67. The highest BCUT2D eigenvalue weighted by Gasteiger charge is 2.23. The fraction of sp³-hybridized carbons (Fsp3) is 0.263. The van der Waals surface area contributed by atoms with Crippen LogP contribution in [0, 0.1) is 0 Å². The molecular formula is C19H19ClN2O5. The van der Waals surface area contributed by atoms with Gasteiger partial charge < -0.3 is 14.8 Å². The average molecular weight is 391 g/mol. The van der Waals surface area contributed by atoms with Gasteiger partial charge in [0.05, 0.1) is 17.7 Å². The molecule has 27 heavy (non-hydrogen) atoms. The van der Waals surface area contributed by atoms with Gasteiger partial charge in [-0.1, -0.05) is 18.5 Å². The van der Waals surface area contributed by atoms with Crippen LogP contribution in [0.15, 0.2) is 42.6 Å². The molecule has 0 spiro atoms. The first-order chi connectivity index (χ1) is 13.0. The molecule has 2 rings (SSSR count). The summed E-state index contributed by atoms with van der Waals surface area (Å²) in [5.74, 6) is -1.66. The number of rotatable bonds is 7. The summed E-state index contributed by atoms with van der Waals surface area (Å²) >= 11 is 5.87. The first-order valence-electron chi connectivity index (χ1n) is 8.35. The summed E-state index contributed by atoms with van der Waals surface area (Å²) in [6, 6.07) is 9.23. The summed E-state index contributed by atoms with van der Waals surface area (Å²) in [6.07, 6.45) is 0.720. The number of carbonyl (C=O) groups is 3. The monoisotopic (exact) mass is 390 g/mol. The predicted octanol–water partition coefficient (Wildman–Crippen LogP) is 3.49. The van der Waals surface area contributed by atoms with E-state index in [-0.39, 0.29) is 23.7 Å². The highest BCUT2D eigenvalue weighted by molar-refractivity contribution is 6.32. The number of amides is 1. The minimum absolute atomic E-state index is 0.00677. The van der Waals surface area contributed by atoms with Crippen LogP contribution in [0.4, 0.5) is 5.69 Å². The van der Waals surface area contributed by atoms with Crippen molar-refractivity contribution in [1.29, 1.82) is 0 Å². The Morgan fingerprint density at radius 3 is 2.41 bits per heavy atom. The topological polar surface area (TPSA) is 94.6 Å². The molecule has 1 amide bonds. The lowest BCUT2D eigenvalue weighted by Crippen LogP contribution is -2.32. The second-order valence-electron chi connectivity index (χ2n) is 5.43. The quantitative estimate of drug-likeness (QED) is 0.574. The molecule has 1 heterocycles. The van der Waals surface area contributed by atoms with Crippen molar-refractivity contribution in [1.82, 2.24) is 4.98 Å². The number of carbonyl (C=O) groups excluding carboxylic acids is 3. The molecule has 0 radical (unpaired) electrons. The Labute approximate surface area is 161 Å². The van der Waals surface area contributed by atoms with Crippen LogP contribution in [-0.2, 0) is 14.3 Å². The normalized spacial score (nSPS) is 11.4. The summed E-state index contributed by atoms with van der Waals surface area (Å²) in [4.78, 5) is 40.0. The van der Waals surface area contributed by atoms with Crippen molar-refractivity contribution in [2.45, 2.75) is 26.4 Å². The standard InChI is InChI=1S/C19H19ClN2O5/c1-3-15(27-19(25)14-6-5-11-21-16(14)20)17(23)22-13-9-7-12(8-10-13)18(24)26-4-2/h5-11,15H,3-4H2,1-2H3,(H,22,23). The van der Waals surface area contributed by atoms with Crippen molar-refractivity contribution >= 4 is 35.1 Å². The predicted molar refractivity (Wildman–Crippen MR) is 99.8 cm³/mol. The van der Waals surface area contributed by atoms with Crippen molar-refractivity contribution in [3.8, 4) is 0 Å². The maximum atomic E-state index is 12.4. The number of hydrogen-bond acceptors (Lipinski definition) is 6. The molecule has 0 fully saturated rings. The fourth-order valence-corrected chi connectivity index (χ4v) is 2.38. The van der Waals surface area contributed by atoms with E-state index in [0.29, 0.717) is 11.3 Å². The number of anilines is 1. The van der Waals surface area contributed by atoms with E-state index < -0.39 is 23.9 Å². The van der Waals surface area contributed by atoms with Crippen LogP contribution in [0.3, 0.4) is 0 Å². The summed E-state index contributed by atoms with van der Waals surface area (Å²) in [6.45, 7) is 3.71. The van der Waals surface area contributed by atoms with Crippen molar-refractivity contribution in [2.75, 3.05) is 11.9 Å². The Morgan fingerprint density at radius 2 is 1.81 bits per heavy atom. The van der Waals surface area contributed by atoms with Gasteiger partial charge in [-0.15, -0.1) is 0 Å². The Balaban J connectivity index is 2.01. The van der Waals surface area contributed by atoms with Crippen molar-refractivity contribution in [3.05, 3.63) is 58.9 Å².